The minimum Gasteiger partial charge on any atom is -0.481 e. The van der Waals surface area contributed by atoms with Crippen molar-refractivity contribution in [1.82, 2.24) is 0 Å². The Balaban J connectivity index is 0.00000360. The van der Waals surface area contributed by atoms with Crippen molar-refractivity contribution in [1.29, 1.82) is 0 Å². The fraction of sp³-hybridized carbons (Fsp3) is 0.244. The van der Waals surface area contributed by atoms with Gasteiger partial charge in [-0.3, -0.25) is 18.7 Å². The van der Waals surface area contributed by atoms with Gasteiger partial charge in [-0.2, -0.15) is 21.4 Å². The summed E-state index contributed by atoms with van der Waals surface area (Å²) >= 11 is 0. The Hall–Kier alpha value is -2.14. The monoisotopic (exact) mass is 863 g/mol. The molecule has 4 aromatic rings. The van der Waals surface area contributed by atoms with Crippen molar-refractivity contribution < 1.29 is 153 Å². The number of carboxylic acids is 2. The first-order valence-corrected chi connectivity index (χ1v) is 20.2. The molecule has 4 aromatic carbocycles. The molecule has 6 rings (SSSR count). The molecule has 57 heavy (non-hydrogen) atoms. The molecule has 0 spiro atoms. The number of carboxylic acid groups (broad SMARTS) is 2. The maximum atomic E-state index is 12.2. The second-order valence-electron chi connectivity index (χ2n) is 14.8. The Morgan fingerprint density at radius 1 is 0.667 bits per heavy atom. The van der Waals surface area contributed by atoms with Gasteiger partial charge in [-0.25, -0.2) is 0 Å². The molecule has 0 unspecified atom stereocenters. The Morgan fingerprint density at radius 3 is 1.65 bits per heavy atom. The number of rotatable bonds is 12. The molecular formula is C41H41K2N2O10S2+3. The third-order valence-corrected chi connectivity index (χ3v) is 12.0. The minimum atomic E-state index is -4.49. The molecule has 2 aliphatic heterocycles. The molecule has 0 atom stereocenters. The molecule has 0 saturated heterocycles. The van der Waals surface area contributed by atoms with Crippen LogP contribution in [0.1, 0.15) is 61.1 Å². The van der Waals surface area contributed by atoms with Gasteiger partial charge in [-0.1, -0.05) is 68.5 Å². The number of aliphatic carboxylic acids is 2. The summed E-state index contributed by atoms with van der Waals surface area (Å²) in [7, 11) is -8.98. The topological polar surface area (TPSA) is 190 Å². The van der Waals surface area contributed by atoms with Gasteiger partial charge in [-0.05, 0) is 72.5 Å². The van der Waals surface area contributed by atoms with Gasteiger partial charge in [0.1, 0.15) is 0 Å². The van der Waals surface area contributed by atoms with Gasteiger partial charge in [-0.15, -0.1) is 0 Å². The Labute approximate surface area is 417 Å². The Kier molecular flexibility index (Phi) is 15.2. The molecule has 286 valence electrons. The first kappa shape index (κ1) is 47.5. The summed E-state index contributed by atoms with van der Waals surface area (Å²) in [4.78, 5) is 24.1. The van der Waals surface area contributed by atoms with Gasteiger partial charge in [0, 0.05) is 46.6 Å². The number of carbonyl (C=O) groups is 2. The smallest absolute Gasteiger partial charge is 0.481 e. The number of allylic oxidation sites excluding steroid dienone is 4. The largest absolute Gasteiger partial charge is 1.00 e. The predicted octanol–water partition coefficient (Wildman–Crippen LogP) is 0.457. The average Bonchev–Trinajstić information content (AvgIpc) is 3.43. The van der Waals surface area contributed by atoms with E-state index in [1.54, 1.807) is 36.4 Å². The number of hydrogen-bond acceptors (Lipinski definition) is 7. The first-order valence-electron chi connectivity index (χ1n) is 17.3. The summed E-state index contributed by atoms with van der Waals surface area (Å²) in [5.41, 5.74) is 6.01. The number of hydrogen-bond donors (Lipinski definition) is 4. The molecule has 0 aliphatic carbocycles. The number of anilines is 1. The van der Waals surface area contributed by atoms with Crippen LogP contribution in [0.25, 0.3) is 0 Å². The van der Waals surface area contributed by atoms with Gasteiger partial charge in [0.25, 0.3) is 20.2 Å². The SMILES string of the molecule is CC1(C)C(/C=C/C=C2/N(Cc3ccc(CC(=O)O)cc3)c3ccc(S(=O)(=O)O)cc3C2(C)C)=[N+](Cc2ccc(CC(=O)O)cc2)c2ccc(S(=O)(=O)O)cc21.[K+].[K+]. The summed E-state index contributed by atoms with van der Waals surface area (Å²) in [5.74, 6) is -1.88. The fourth-order valence-electron chi connectivity index (χ4n) is 7.44. The molecular weight excluding hydrogens is 823 g/mol. The van der Waals surface area contributed by atoms with E-state index in [-0.39, 0.29) is 125 Å². The van der Waals surface area contributed by atoms with Crippen LogP contribution in [0.5, 0.6) is 0 Å². The van der Waals surface area contributed by atoms with Crippen LogP contribution in [0, 0.1) is 0 Å². The molecule has 12 nitrogen and oxygen atoms in total. The standard InChI is InChI=1S/C41H40N2O10S2.2K/c1-40(2)32-22-30(54(48,49)50)16-18-34(32)42(24-28-12-8-26(9-13-28)20-38(44)45)36(40)6-5-7-37-41(3,4)33-23-31(55(51,52)53)17-19-35(33)43(37)25-29-14-10-27(11-15-29)21-39(46)47;;/h5-19,22-23H,20-21,24-25H2,1-4H3,(H3-,44,45,46,47,48,49,50,51,52,53);;/q;2*+1/p+1. The second-order valence-corrected chi connectivity index (χ2v) is 17.6. The van der Waals surface area contributed by atoms with E-state index in [1.165, 1.54) is 24.3 Å². The third kappa shape index (κ3) is 10.4. The maximum Gasteiger partial charge on any atom is 1.00 e. The van der Waals surface area contributed by atoms with Crippen molar-refractivity contribution >= 4 is 49.3 Å². The van der Waals surface area contributed by atoms with Gasteiger partial charge in [0.2, 0.25) is 5.69 Å². The number of benzene rings is 4. The van der Waals surface area contributed by atoms with Crippen molar-refractivity contribution in [3.8, 4) is 0 Å². The minimum absolute atomic E-state index is 0. The summed E-state index contributed by atoms with van der Waals surface area (Å²) in [6, 6.07) is 23.4. The molecule has 16 heteroatoms. The normalized spacial score (nSPS) is 16.2. The van der Waals surface area contributed by atoms with Crippen molar-refractivity contribution in [2.45, 2.75) is 74.2 Å². The number of nitrogens with zero attached hydrogens (tertiary/aromatic N) is 2. The van der Waals surface area contributed by atoms with Crippen LogP contribution < -0.4 is 108 Å². The average molecular weight is 864 g/mol. The van der Waals surface area contributed by atoms with Crippen LogP contribution in [0.4, 0.5) is 11.4 Å². The second kappa shape index (κ2) is 18.2. The van der Waals surface area contributed by atoms with E-state index >= 15 is 0 Å². The zero-order valence-corrected chi connectivity index (χ0v) is 40.5. The van der Waals surface area contributed by atoms with E-state index in [0.29, 0.717) is 35.3 Å². The van der Waals surface area contributed by atoms with E-state index in [4.69, 9.17) is 0 Å². The Morgan fingerprint density at radius 2 is 1.14 bits per heavy atom. The summed E-state index contributed by atoms with van der Waals surface area (Å²) in [6.07, 6.45) is 5.51. The van der Waals surface area contributed by atoms with E-state index in [0.717, 1.165) is 33.9 Å². The summed E-state index contributed by atoms with van der Waals surface area (Å²) in [5, 5.41) is 18.4. The zero-order valence-electron chi connectivity index (χ0n) is 32.6. The zero-order chi connectivity index (χ0) is 40.1. The molecule has 2 heterocycles. The fourth-order valence-corrected chi connectivity index (χ4v) is 8.45. The number of fused-ring (bicyclic) bond motifs is 2. The molecule has 2 aliphatic rings. The van der Waals surface area contributed by atoms with Crippen molar-refractivity contribution in [2.24, 2.45) is 0 Å². The van der Waals surface area contributed by atoms with E-state index in [1.807, 2.05) is 79.7 Å². The molecule has 0 bridgehead atoms. The van der Waals surface area contributed by atoms with Crippen LogP contribution in [-0.4, -0.2) is 58.4 Å². The van der Waals surface area contributed by atoms with Crippen LogP contribution in [0.3, 0.4) is 0 Å². The van der Waals surface area contributed by atoms with Crippen molar-refractivity contribution in [3.63, 3.8) is 0 Å². The van der Waals surface area contributed by atoms with Crippen molar-refractivity contribution in [2.75, 3.05) is 4.90 Å². The van der Waals surface area contributed by atoms with Crippen molar-refractivity contribution in [3.05, 3.63) is 142 Å². The molecule has 0 fully saturated rings. The molecule has 0 saturated carbocycles. The van der Waals surface area contributed by atoms with Crippen LogP contribution >= 0.6 is 0 Å². The molecule has 0 radical (unpaired) electrons. The van der Waals surface area contributed by atoms with E-state index in [9.17, 15) is 45.7 Å². The van der Waals surface area contributed by atoms with E-state index < -0.39 is 43.0 Å². The molecule has 4 N–H and O–H groups in total. The van der Waals surface area contributed by atoms with E-state index in [2.05, 4.69) is 0 Å². The van der Waals surface area contributed by atoms with Gasteiger partial charge in [0.15, 0.2) is 12.3 Å². The molecule has 0 amide bonds. The summed E-state index contributed by atoms with van der Waals surface area (Å²) in [6.45, 7) is 8.54. The third-order valence-electron chi connectivity index (χ3n) is 10.3. The van der Waals surface area contributed by atoms with Crippen LogP contribution in [-0.2, 0) is 66.6 Å². The molecule has 0 aromatic heterocycles. The van der Waals surface area contributed by atoms with Crippen LogP contribution in [0.15, 0.2) is 119 Å². The van der Waals surface area contributed by atoms with Gasteiger partial charge < -0.3 is 15.1 Å². The van der Waals surface area contributed by atoms with Gasteiger partial charge in [0.05, 0.1) is 28.0 Å². The van der Waals surface area contributed by atoms with Crippen LogP contribution in [0.2, 0.25) is 0 Å². The maximum absolute atomic E-state index is 12.2. The quantitative estimate of drug-likeness (QED) is 0.0881. The Bertz CT molecular complexity index is 2550. The summed E-state index contributed by atoms with van der Waals surface area (Å²) < 4.78 is 70.5. The predicted molar refractivity (Wildman–Crippen MR) is 206 cm³/mol. The first-order chi connectivity index (χ1) is 25.7. The van der Waals surface area contributed by atoms with Gasteiger partial charge >= 0.3 is 115 Å².